The van der Waals surface area contributed by atoms with E-state index in [1.54, 1.807) is 6.07 Å². The maximum absolute atomic E-state index is 13.5. The van der Waals surface area contributed by atoms with Gasteiger partial charge in [-0.1, -0.05) is 6.42 Å². The molecule has 0 radical (unpaired) electrons. The number of carbonyl (C=O) groups is 1. The topological polar surface area (TPSA) is 109 Å². The predicted octanol–water partition coefficient (Wildman–Crippen LogP) is 3.50. The number of benzene rings is 1. The van der Waals surface area contributed by atoms with Gasteiger partial charge in [0.05, 0.1) is 16.8 Å². The summed E-state index contributed by atoms with van der Waals surface area (Å²) in [5.41, 5.74) is 1.59. The zero-order chi connectivity index (χ0) is 25.5. The number of alkyl halides is 2. The van der Waals surface area contributed by atoms with Crippen molar-refractivity contribution in [1.82, 2.24) is 20.2 Å². The Morgan fingerprint density at radius 2 is 2.00 bits per heavy atom. The number of piperazine rings is 1. The number of aromatic nitrogens is 2. The maximum Gasteiger partial charge on any atom is 0.268 e. The van der Waals surface area contributed by atoms with Crippen LogP contribution in [0.15, 0.2) is 24.4 Å². The highest BCUT2D eigenvalue weighted by Gasteiger charge is 2.24. The molecule has 2 heterocycles. The molecular formula is C25H32F2N8O. The molecule has 4 rings (SSSR count). The highest BCUT2D eigenvalue weighted by Crippen LogP contribution is 2.29. The molecule has 0 unspecified atom stereocenters. The zero-order valence-electron chi connectivity index (χ0n) is 20.4. The summed E-state index contributed by atoms with van der Waals surface area (Å²) in [5.74, 6) is 0.326. The van der Waals surface area contributed by atoms with Crippen LogP contribution >= 0.6 is 0 Å². The third-order valence-electron chi connectivity index (χ3n) is 6.71. The number of amides is 1. The fourth-order valence-corrected chi connectivity index (χ4v) is 4.19. The minimum Gasteiger partial charge on any atom is -0.369 e. The van der Waals surface area contributed by atoms with Gasteiger partial charge in [-0.2, -0.15) is 10.2 Å². The molecule has 11 heteroatoms. The number of hydrogen-bond donors (Lipinski definition) is 3. The molecular weight excluding hydrogens is 466 g/mol. The van der Waals surface area contributed by atoms with Crippen LogP contribution in [-0.4, -0.2) is 67.1 Å². The first-order valence-electron chi connectivity index (χ1n) is 12.4. The summed E-state index contributed by atoms with van der Waals surface area (Å²) in [6.07, 6.45) is 1.88. The normalized spacial score (nSPS) is 16.4. The average molecular weight is 499 g/mol. The van der Waals surface area contributed by atoms with Gasteiger partial charge in [0.25, 0.3) is 6.43 Å². The fraction of sp³-hybridized carbons (Fsp3) is 0.520. The molecule has 1 aromatic carbocycles. The highest BCUT2D eigenvalue weighted by atomic mass is 19.3. The molecule has 1 saturated heterocycles. The van der Waals surface area contributed by atoms with Gasteiger partial charge in [-0.25, -0.2) is 13.8 Å². The standard InChI is InChI=1S/C25H32F2N8O/c1-34-10-12-35(13-11-34)19-6-7-21(18(14-19)15-28)32-25-31-16-20(22(26)27)23(33-25)29-8-3-9-30-24(36)17-4-2-5-17/h6-7,14,16-17,22H,2-5,8-13H2,1H3,(H,30,36)(H2,29,31,32,33). The third-order valence-corrected chi connectivity index (χ3v) is 6.71. The third kappa shape index (κ3) is 6.37. The number of nitriles is 1. The van der Waals surface area contributed by atoms with E-state index in [0.717, 1.165) is 57.3 Å². The number of nitrogens with one attached hydrogen (secondary N) is 3. The molecule has 1 saturated carbocycles. The molecule has 9 nitrogen and oxygen atoms in total. The number of rotatable bonds is 10. The van der Waals surface area contributed by atoms with Crippen molar-refractivity contribution in [2.24, 2.45) is 5.92 Å². The van der Waals surface area contributed by atoms with Crippen molar-refractivity contribution >= 4 is 29.0 Å². The van der Waals surface area contributed by atoms with Crippen molar-refractivity contribution in [3.05, 3.63) is 35.5 Å². The summed E-state index contributed by atoms with van der Waals surface area (Å²) in [6, 6.07) is 7.73. The molecule has 0 atom stereocenters. The van der Waals surface area contributed by atoms with Crippen molar-refractivity contribution in [2.45, 2.75) is 32.1 Å². The monoisotopic (exact) mass is 498 g/mol. The minimum absolute atomic E-state index is 0.0281. The Balaban J connectivity index is 1.38. The molecule has 192 valence electrons. The van der Waals surface area contributed by atoms with E-state index in [4.69, 9.17) is 0 Å². The van der Waals surface area contributed by atoms with E-state index in [1.807, 2.05) is 12.1 Å². The van der Waals surface area contributed by atoms with Gasteiger partial charge in [-0.05, 0) is 44.5 Å². The molecule has 1 amide bonds. The Morgan fingerprint density at radius 3 is 2.67 bits per heavy atom. The van der Waals surface area contributed by atoms with Crippen molar-refractivity contribution in [3.63, 3.8) is 0 Å². The van der Waals surface area contributed by atoms with Gasteiger partial charge in [-0.3, -0.25) is 4.79 Å². The second-order valence-corrected chi connectivity index (χ2v) is 9.25. The van der Waals surface area contributed by atoms with Crippen LogP contribution in [-0.2, 0) is 4.79 Å². The first-order chi connectivity index (χ1) is 17.4. The Labute approximate surface area is 209 Å². The van der Waals surface area contributed by atoms with Gasteiger partial charge in [0.2, 0.25) is 11.9 Å². The van der Waals surface area contributed by atoms with Gasteiger partial charge < -0.3 is 25.8 Å². The quantitative estimate of drug-likeness (QED) is 0.427. The van der Waals surface area contributed by atoms with Crippen molar-refractivity contribution in [1.29, 1.82) is 5.26 Å². The van der Waals surface area contributed by atoms with E-state index in [-0.39, 0.29) is 29.2 Å². The molecule has 0 bridgehead atoms. The smallest absolute Gasteiger partial charge is 0.268 e. The lowest BCUT2D eigenvalue weighted by atomic mass is 9.85. The number of halogens is 2. The van der Waals surface area contributed by atoms with E-state index in [0.29, 0.717) is 30.8 Å². The van der Waals surface area contributed by atoms with E-state index in [2.05, 4.69) is 48.8 Å². The van der Waals surface area contributed by atoms with Crippen LogP contribution in [0.25, 0.3) is 0 Å². The molecule has 1 aromatic heterocycles. The minimum atomic E-state index is -2.74. The van der Waals surface area contributed by atoms with Crippen LogP contribution in [0.1, 0.15) is 43.2 Å². The molecule has 2 aliphatic rings. The molecule has 1 aliphatic carbocycles. The van der Waals surface area contributed by atoms with Gasteiger partial charge in [0, 0.05) is 57.1 Å². The Bertz CT molecular complexity index is 1090. The van der Waals surface area contributed by atoms with Crippen LogP contribution in [0.4, 0.5) is 31.9 Å². The maximum atomic E-state index is 13.5. The predicted molar refractivity (Wildman–Crippen MR) is 135 cm³/mol. The lowest BCUT2D eigenvalue weighted by Gasteiger charge is -2.34. The number of hydrogen-bond acceptors (Lipinski definition) is 8. The summed E-state index contributed by atoms with van der Waals surface area (Å²) >= 11 is 0. The first kappa shape index (κ1) is 25.6. The number of anilines is 4. The van der Waals surface area contributed by atoms with Gasteiger partial charge in [-0.15, -0.1) is 0 Å². The molecule has 36 heavy (non-hydrogen) atoms. The Morgan fingerprint density at radius 1 is 1.22 bits per heavy atom. The van der Waals surface area contributed by atoms with Gasteiger partial charge >= 0.3 is 0 Å². The highest BCUT2D eigenvalue weighted by molar-refractivity contribution is 5.79. The molecule has 3 N–H and O–H groups in total. The summed E-state index contributed by atoms with van der Waals surface area (Å²) in [5, 5.41) is 18.5. The summed E-state index contributed by atoms with van der Waals surface area (Å²) in [4.78, 5) is 24.7. The SMILES string of the molecule is CN1CCN(c2ccc(Nc3ncc(C(F)F)c(NCCCNC(=O)C4CCC4)n3)c(C#N)c2)CC1. The van der Waals surface area contributed by atoms with Crippen LogP contribution in [0, 0.1) is 17.2 Å². The lowest BCUT2D eigenvalue weighted by Crippen LogP contribution is -2.44. The van der Waals surface area contributed by atoms with Gasteiger partial charge in [0.1, 0.15) is 11.9 Å². The number of carbonyl (C=O) groups excluding carboxylic acids is 1. The molecule has 0 spiro atoms. The fourth-order valence-electron chi connectivity index (χ4n) is 4.19. The summed E-state index contributed by atoms with van der Waals surface area (Å²) < 4.78 is 27.0. The molecule has 2 fully saturated rings. The summed E-state index contributed by atoms with van der Waals surface area (Å²) in [6.45, 7) is 4.50. The Hall–Kier alpha value is -3.52. The second-order valence-electron chi connectivity index (χ2n) is 9.25. The number of nitrogens with zero attached hydrogens (tertiary/aromatic N) is 5. The van der Waals surface area contributed by atoms with E-state index in [9.17, 15) is 18.8 Å². The molecule has 2 aromatic rings. The lowest BCUT2D eigenvalue weighted by molar-refractivity contribution is -0.127. The average Bonchev–Trinajstić information content (AvgIpc) is 2.83. The van der Waals surface area contributed by atoms with E-state index in [1.165, 1.54) is 0 Å². The Kier molecular flexibility index (Phi) is 8.48. The van der Waals surface area contributed by atoms with Crippen LogP contribution in [0.3, 0.4) is 0 Å². The largest absolute Gasteiger partial charge is 0.369 e. The van der Waals surface area contributed by atoms with Crippen LogP contribution in [0.5, 0.6) is 0 Å². The van der Waals surface area contributed by atoms with Crippen LogP contribution in [0.2, 0.25) is 0 Å². The summed E-state index contributed by atoms with van der Waals surface area (Å²) in [7, 11) is 2.08. The van der Waals surface area contributed by atoms with Crippen molar-refractivity contribution in [3.8, 4) is 6.07 Å². The number of likely N-dealkylation sites (N-methyl/N-ethyl adjacent to an activating group) is 1. The van der Waals surface area contributed by atoms with Crippen LogP contribution < -0.4 is 20.9 Å². The molecule has 1 aliphatic heterocycles. The van der Waals surface area contributed by atoms with Crippen molar-refractivity contribution in [2.75, 3.05) is 61.8 Å². The van der Waals surface area contributed by atoms with Crippen molar-refractivity contribution < 1.29 is 13.6 Å². The van der Waals surface area contributed by atoms with Gasteiger partial charge in [0.15, 0.2) is 0 Å². The first-order valence-corrected chi connectivity index (χ1v) is 12.4. The van der Waals surface area contributed by atoms with E-state index >= 15 is 0 Å². The van der Waals surface area contributed by atoms with E-state index < -0.39 is 6.43 Å². The zero-order valence-corrected chi connectivity index (χ0v) is 20.4. The second kappa shape index (κ2) is 11.9.